The largest absolute Gasteiger partial charge is 0.332 e. The third kappa shape index (κ3) is 4.91. The van der Waals surface area contributed by atoms with Gasteiger partial charge in [0.2, 0.25) is 5.91 Å². The molecule has 9 nitrogen and oxygen atoms in total. The molecule has 1 saturated heterocycles. The normalized spacial score (nSPS) is 14.6. The molecule has 0 aliphatic carbocycles. The molecule has 1 amide bonds. The first-order chi connectivity index (χ1) is 15.9. The lowest BCUT2D eigenvalue weighted by molar-refractivity contribution is -0.116. The fraction of sp³-hybridized carbons (Fsp3) is 0.478. The molecular formula is C23H30N6O3S. The van der Waals surface area contributed by atoms with Gasteiger partial charge in [0.25, 0.3) is 5.56 Å². The summed E-state index contributed by atoms with van der Waals surface area (Å²) in [5.41, 5.74) is 3.14. The second-order valence-electron chi connectivity index (χ2n) is 8.45. The van der Waals surface area contributed by atoms with Crippen molar-refractivity contribution in [3.63, 3.8) is 0 Å². The number of hydrogen-bond donors (Lipinski definition) is 1. The van der Waals surface area contributed by atoms with Crippen LogP contribution >= 0.6 is 11.8 Å². The molecule has 1 fully saturated rings. The summed E-state index contributed by atoms with van der Waals surface area (Å²) in [7, 11) is 3.05. The lowest BCUT2D eigenvalue weighted by Gasteiger charge is -2.27. The van der Waals surface area contributed by atoms with Gasteiger partial charge < -0.3 is 9.88 Å². The maximum atomic E-state index is 12.6. The Morgan fingerprint density at radius 2 is 1.91 bits per heavy atom. The standard InChI is InChI=1S/C23H30N6O3S/c1-16-17(14-28-10-12-33-13-11-28)6-4-7-18(16)25-19(30)8-5-9-29-15-24-21-20(29)22(31)27(3)23(32)26(21)2/h4,6-7,15H,5,8-14H2,1-3H3,(H,25,30). The SMILES string of the molecule is Cc1c(CN2CCSCC2)cccc1NC(=O)CCCn1cnc2c1c(=O)n(C)c(=O)n2C. The van der Waals surface area contributed by atoms with Crippen LogP contribution in [0.1, 0.15) is 24.0 Å². The molecule has 3 heterocycles. The number of aryl methyl sites for hydroxylation is 2. The predicted molar refractivity (Wildman–Crippen MR) is 132 cm³/mol. The molecule has 1 aliphatic rings. The number of aromatic nitrogens is 4. The van der Waals surface area contributed by atoms with Crippen molar-refractivity contribution in [3.8, 4) is 0 Å². The topological polar surface area (TPSA) is 94.2 Å². The molecule has 0 spiro atoms. The van der Waals surface area contributed by atoms with Gasteiger partial charge in [-0.25, -0.2) is 9.78 Å². The number of hydrogen-bond acceptors (Lipinski definition) is 6. The maximum absolute atomic E-state index is 12.6. The summed E-state index contributed by atoms with van der Waals surface area (Å²) in [6.45, 7) is 5.62. The molecule has 0 saturated carbocycles. The first kappa shape index (κ1) is 23.3. The minimum atomic E-state index is -0.408. The first-order valence-electron chi connectivity index (χ1n) is 11.2. The zero-order valence-corrected chi connectivity index (χ0v) is 20.2. The number of anilines is 1. The van der Waals surface area contributed by atoms with E-state index in [1.807, 2.05) is 23.9 Å². The highest BCUT2D eigenvalue weighted by atomic mass is 32.2. The molecule has 33 heavy (non-hydrogen) atoms. The van der Waals surface area contributed by atoms with Crippen molar-refractivity contribution in [3.05, 3.63) is 56.5 Å². The molecule has 1 N–H and O–H groups in total. The Kier molecular flexibility index (Phi) is 7.04. The molecule has 1 aromatic carbocycles. The van der Waals surface area contributed by atoms with Crippen molar-refractivity contribution in [2.75, 3.05) is 29.9 Å². The van der Waals surface area contributed by atoms with Crippen LogP contribution in [0.4, 0.5) is 5.69 Å². The molecule has 1 aliphatic heterocycles. The van der Waals surface area contributed by atoms with Crippen LogP contribution in [0.2, 0.25) is 0 Å². The predicted octanol–water partition coefficient (Wildman–Crippen LogP) is 1.71. The van der Waals surface area contributed by atoms with Crippen LogP contribution in [-0.2, 0) is 32.0 Å². The van der Waals surface area contributed by atoms with Crippen LogP contribution in [0.3, 0.4) is 0 Å². The average Bonchev–Trinajstić information content (AvgIpc) is 3.24. The number of carbonyl (C=O) groups excluding carboxylic acids is 1. The highest BCUT2D eigenvalue weighted by molar-refractivity contribution is 7.99. The van der Waals surface area contributed by atoms with E-state index in [4.69, 9.17) is 0 Å². The summed E-state index contributed by atoms with van der Waals surface area (Å²) in [5.74, 6) is 2.28. The second kappa shape index (κ2) is 9.96. The second-order valence-corrected chi connectivity index (χ2v) is 9.67. The van der Waals surface area contributed by atoms with Crippen molar-refractivity contribution in [1.29, 1.82) is 0 Å². The number of thioether (sulfide) groups is 1. The third-order valence-electron chi connectivity index (χ3n) is 6.24. The van der Waals surface area contributed by atoms with Crippen LogP contribution in [0, 0.1) is 6.92 Å². The Bertz CT molecular complexity index is 1290. The molecule has 0 radical (unpaired) electrons. The molecule has 0 atom stereocenters. The van der Waals surface area contributed by atoms with Crippen LogP contribution < -0.4 is 16.6 Å². The fourth-order valence-corrected chi connectivity index (χ4v) is 5.16. The van der Waals surface area contributed by atoms with Gasteiger partial charge in [-0.3, -0.25) is 23.6 Å². The van der Waals surface area contributed by atoms with E-state index in [0.717, 1.165) is 35.5 Å². The van der Waals surface area contributed by atoms with Gasteiger partial charge in [0.05, 0.1) is 6.33 Å². The van der Waals surface area contributed by atoms with E-state index in [0.29, 0.717) is 30.6 Å². The molecule has 4 rings (SSSR count). The summed E-state index contributed by atoms with van der Waals surface area (Å²) in [6, 6.07) is 6.06. The van der Waals surface area contributed by atoms with Gasteiger partial charge in [0.15, 0.2) is 11.2 Å². The minimum Gasteiger partial charge on any atom is -0.326 e. The number of nitrogens with zero attached hydrogens (tertiary/aromatic N) is 5. The first-order valence-corrected chi connectivity index (χ1v) is 12.3. The Labute approximate surface area is 196 Å². The number of fused-ring (bicyclic) bond motifs is 1. The lowest BCUT2D eigenvalue weighted by atomic mass is 10.1. The fourth-order valence-electron chi connectivity index (χ4n) is 4.18. The number of benzene rings is 1. The summed E-state index contributed by atoms with van der Waals surface area (Å²) in [5, 5.41) is 3.04. The Balaban J connectivity index is 1.38. The monoisotopic (exact) mass is 470 g/mol. The van der Waals surface area contributed by atoms with Crippen LogP contribution in [0.5, 0.6) is 0 Å². The Morgan fingerprint density at radius 1 is 1.15 bits per heavy atom. The number of imidazole rings is 1. The average molecular weight is 471 g/mol. The zero-order valence-electron chi connectivity index (χ0n) is 19.3. The molecule has 3 aromatic rings. The molecule has 2 aromatic heterocycles. The third-order valence-corrected chi connectivity index (χ3v) is 7.18. The van der Waals surface area contributed by atoms with Crippen molar-refractivity contribution < 1.29 is 4.79 Å². The Morgan fingerprint density at radius 3 is 2.67 bits per heavy atom. The minimum absolute atomic E-state index is 0.0608. The van der Waals surface area contributed by atoms with E-state index in [2.05, 4.69) is 28.2 Å². The molecule has 0 bridgehead atoms. The van der Waals surface area contributed by atoms with Crippen LogP contribution in [0.15, 0.2) is 34.1 Å². The summed E-state index contributed by atoms with van der Waals surface area (Å²) >= 11 is 2.00. The smallest absolute Gasteiger partial charge is 0.326 e. The van der Waals surface area contributed by atoms with Crippen LogP contribution in [0.25, 0.3) is 11.2 Å². The lowest BCUT2D eigenvalue weighted by Crippen LogP contribution is -2.37. The maximum Gasteiger partial charge on any atom is 0.332 e. The van der Waals surface area contributed by atoms with Crippen molar-refractivity contribution >= 4 is 34.5 Å². The molecular weight excluding hydrogens is 440 g/mol. The number of rotatable bonds is 7. The van der Waals surface area contributed by atoms with Gasteiger partial charge in [-0.15, -0.1) is 0 Å². The molecule has 0 unspecified atom stereocenters. The van der Waals surface area contributed by atoms with Crippen molar-refractivity contribution in [2.45, 2.75) is 32.9 Å². The van der Waals surface area contributed by atoms with E-state index in [1.54, 1.807) is 17.9 Å². The van der Waals surface area contributed by atoms with Gasteiger partial charge >= 0.3 is 5.69 Å². The van der Waals surface area contributed by atoms with Gasteiger partial charge in [0.1, 0.15) is 0 Å². The summed E-state index contributed by atoms with van der Waals surface area (Å²) in [6.07, 6.45) is 2.42. The van der Waals surface area contributed by atoms with Crippen molar-refractivity contribution in [1.82, 2.24) is 23.6 Å². The summed E-state index contributed by atoms with van der Waals surface area (Å²) < 4.78 is 4.15. The number of nitrogens with one attached hydrogen (secondary N) is 1. The van der Waals surface area contributed by atoms with Crippen LogP contribution in [-0.4, -0.2) is 54.1 Å². The van der Waals surface area contributed by atoms with Gasteiger partial charge in [-0.1, -0.05) is 12.1 Å². The highest BCUT2D eigenvalue weighted by Crippen LogP contribution is 2.22. The van der Waals surface area contributed by atoms with Gasteiger partial charge in [-0.2, -0.15) is 11.8 Å². The Hall–Kier alpha value is -2.85. The van der Waals surface area contributed by atoms with Crippen molar-refractivity contribution in [2.24, 2.45) is 14.1 Å². The molecule has 10 heteroatoms. The van der Waals surface area contributed by atoms with Gasteiger partial charge in [0, 0.05) is 63.9 Å². The van der Waals surface area contributed by atoms with E-state index in [1.165, 1.54) is 28.7 Å². The van der Waals surface area contributed by atoms with Gasteiger partial charge in [-0.05, 0) is 30.5 Å². The van der Waals surface area contributed by atoms with E-state index in [-0.39, 0.29) is 11.5 Å². The van der Waals surface area contributed by atoms with E-state index >= 15 is 0 Å². The quantitative estimate of drug-likeness (QED) is 0.565. The van der Waals surface area contributed by atoms with E-state index in [9.17, 15) is 14.4 Å². The zero-order chi connectivity index (χ0) is 23.5. The van der Waals surface area contributed by atoms with E-state index < -0.39 is 5.69 Å². The summed E-state index contributed by atoms with van der Waals surface area (Å²) in [4.78, 5) is 43.9. The number of amides is 1. The number of carbonyl (C=O) groups is 1. The molecule has 176 valence electrons. The highest BCUT2D eigenvalue weighted by Gasteiger charge is 2.16.